The molecule has 1 aromatic carbocycles. The highest BCUT2D eigenvalue weighted by molar-refractivity contribution is 9.10. The molecule has 1 saturated carbocycles. The highest BCUT2D eigenvalue weighted by atomic mass is 79.9. The summed E-state index contributed by atoms with van der Waals surface area (Å²) in [6.07, 6.45) is 4.35. The van der Waals surface area contributed by atoms with Crippen molar-refractivity contribution in [3.8, 4) is 6.07 Å². The normalized spacial score (nSPS) is 17.5. The van der Waals surface area contributed by atoms with Gasteiger partial charge in [0.2, 0.25) is 0 Å². The first-order valence-electron chi connectivity index (χ1n) is 6.25. The summed E-state index contributed by atoms with van der Waals surface area (Å²) >= 11 is 3.05. The fraction of sp³-hybridized carbons (Fsp3) is 0.429. The number of hydrogen-bond donors (Lipinski definition) is 1. The molecule has 1 aromatic rings. The molecule has 0 aromatic heterocycles. The van der Waals surface area contributed by atoms with Crippen molar-refractivity contribution < 1.29 is 9.18 Å². The first-order chi connectivity index (χ1) is 9.06. The Kier molecular flexibility index (Phi) is 4.20. The van der Waals surface area contributed by atoms with E-state index in [1.165, 1.54) is 18.2 Å². The summed E-state index contributed by atoms with van der Waals surface area (Å²) in [5, 5.41) is 12.1. The average molecular weight is 325 g/mol. The van der Waals surface area contributed by atoms with E-state index in [0.29, 0.717) is 18.4 Å². The SMILES string of the molecule is N#CC1(NC(=O)c2ccc(F)c(Br)c2)CCCCC1. The maximum Gasteiger partial charge on any atom is 0.252 e. The number of benzene rings is 1. The van der Waals surface area contributed by atoms with E-state index >= 15 is 0 Å². The minimum Gasteiger partial charge on any atom is -0.334 e. The highest BCUT2D eigenvalue weighted by Gasteiger charge is 2.33. The zero-order chi connectivity index (χ0) is 13.9. The van der Waals surface area contributed by atoms with Crippen LogP contribution in [0, 0.1) is 17.1 Å². The van der Waals surface area contributed by atoms with E-state index < -0.39 is 11.4 Å². The van der Waals surface area contributed by atoms with Crippen LogP contribution in [0.15, 0.2) is 22.7 Å². The van der Waals surface area contributed by atoms with Crippen molar-refractivity contribution in [1.82, 2.24) is 5.32 Å². The van der Waals surface area contributed by atoms with Gasteiger partial charge in [0.15, 0.2) is 0 Å². The first-order valence-corrected chi connectivity index (χ1v) is 7.04. The van der Waals surface area contributed by atoms with Crippen LogP contribution in [0.5, 0.6) is 0 Å². The van der Waals surface area contributed by atoms with Crippen molar-refractivity contribution in [3.05, 3.63) is 34.1 Å². The van der Waals surface area contributed by atoms with Crippen LogP contribution in [0.2, 0.25) is 0 Å². The molecule has 0 bridgehead atoms. The van der Waals surface area contributed by atoms with Crippen LogP contribution < -0.4 is 5.32 Å². The summed E-state index contributed by atoms with van der Waals surface area (Å²) in [7, 11) is 0. The minimum atomic E-state index is -0.768. The molecule has 100 valence electrons. The second-order valence-corrected chi connectivity index (χ2v) is 5.69. The third-order valence-electron chi connectivity index (χ3n) is 3.46. The van der Waals surface area contributed by atoms with Crippen molar-refractivity contribution in [3.63, 3.8) is 0 Å². The van der Waals surface area contributed by atoms with Crippen LogP contribution in [0.25, 0.3) is 0 Å². The van der Waals surface area contributed by atoms with Gasteiger partial charge in [-0.15, -0.1) is 0 Å². The monoisotopic (exact) mass is 324 g/mol. The Morgan fingerprint density at radius 1 is 1.37 bits per heavy atom. The van der Waals surface area contributed by atoms with E-state index in [0.717, 1.165) is 19.3 Å². The maximum atomic E-state index is 13.1. The van der Waals surface area contributed by atoms with Gasteiger partial charge in [0.25, 0.3) is 5.91 Å². The molecular formula is C14H14BrFN2O. The standard InChI is InChI=1S/C14H14BrFN2O/c15-11-8-10(4-5-12(11)16)13(19)18-14(9-17)6-2-1-3-7-14/h4-5,8H,1-3,6-7H2,(H,18,19). The van der Waals surface area contributed by atoms with Gasteiger partial charge in [-0.2, -0.15) is 5.26 Å². The van der Waals surface area contributed by atoms with Gasteiger partial charge in [-0.25, -0.2) is 4.39 Å². The quantitative estimate of drug-likeness (QED) is 0.904. The summed E-state index contributed by atoms with van der Waals surface area (Å²) in [5.74, 6) is -0.742. The van der Waals surface area contributed by atoms with Gasteiger partial charge in [-0.05, 0) is 47.0 Å². The van der Waals surface area contributed by atoms with Crippen molar-refractivity contribution in [2.45, 2.75) is 37.6 Å². The van der Waals surface area contributed by atoms with Crippen LogP contribution >= 0.6 is 15.9 Å². The Labute approximate surface area is 119 Å². The molecule has 19 heavy (non-hydrogen) atoms. The van der Waals surface area contributed by atoms with E-state index in [9.17, 15) is 14.4 Å². The molecule has 3 nitrogen and oxygen atoms in total. The number of halogens is 2. The lowest BCUT2D eigenvalue weighted by Crippen LogP contribution is -2.48. The number of nitrogens with one attached hydrogen (secondary N) is 1. The van der Waals surface area contributed by atoms with Crippen LogP contribution in [-0.2, 0) is 0 Å². The number of hydrogen-bond acceptors (Lipinski definition) is 2. The predicted octanol–water partition coefficient (Wildman–Crippen LogP) is 3.54. The Balaban J connectivity index is 2.15. The average Bonchev–Trinajstić information content (AvgIpc) is 2.43. The largest absolute Gasteiger partial charge is 0.334 e. The van der Waals surface area contributed by atoms with Gasteiger partial charge in [-0.1, -0.05) is 19.3 Å². The van der Waals surface area contributed by atoms with Crippen molar-refractivity contribution in [2.75, 3.05) is 0 Å². The van der Waals surface area contributed by atoms with E-state index in [2.05, 4.69) is 27.3 Å². The third kappa shape index (κ3) is 3.13. The molecule has 0 unspecified atom stereocenters. The Hall–Kier alpha value is -1.41. The molecule has 0 spiro atoms. The number of rotatable bonds is 2. The molecule has 1 N–H and O–H groups in total. The molecule has 1 amide bonds. The molecule has 0 aliphatic heterocycles. The molecule has 1 aliphatic carbocycles. The van der Waals surface area contributed by atoms with Gasteiger partial charge >= 0.3 is 0 Å². The molecule has 5 heteroatoms. The number of carbonyl (C=O) groups is 1. The first kappa shape index (κ1) is 14.0. The van der Waals surface area contributed by atoms with Gasteiger partial charge < -0.3 is 5.32 Å². The molecular weight excluding hydrogens is 311 g/mol. The lowest BCUT2D eigenvalue weighted by molar-refractivity contribution is 0.0902. The van der Waals surface area contributed by atoms with Crippen LogP contribution in [0.3, 0.4) is 0 Å². The van der Waals surface area contributed by atoms with Crippen molar-refractivity contribution in [1.29, 1.82) is 5.26 Å². The lowest BCUT2D eigenvalue weighted by Gasteiger charge is -2.31. The van der Waals surface area contributed by atoms with Crippen LogP contribution in [0.1, 0.15) is 42.5 Å². The van der Waals surface area contributed by atoms with Gasteiger partial charge in [0.05, 0.1) is 10.5 Å². The van der Waals surface area contributed by atoms with E-state index in [1.807, 2.05) is 0 Å². The second kappa shape index (κ2) is 5.70. The van der Waals surface area contributed by atoms with E-state index in [4.69, 9.17) is 0 Å². The number of carbonyl (C=O) groups excluding carboxylic acids is 1. The molecule has 2 rings (SSSR count). The zero-order valence-corrected chi connectivity index (χ0v) is 12.0. The second-order valence-electron chi connectivity index (χ2n) is 4.84. The summed E-state index contributed by atoms with van der Waals surface area (Å²) in [6, 6.07) is 6.31. The Bertz CT molecular complexity index is 533. The lowest BCUT2D eigenvalue weighted by atomic mass is 9.82. The summed E-state index contributed by atoms with van der Waals surface area (Å²) in [6.45, 7) is 0. The Morgan fingerprint density at radius 2 is 2.05 bits per heavy atom. The number of nitrogens with zero attached hydrogens (tertiary/aromatic N) is 1. The van der Waals surface area contributed by atoms with Gasteiger partial charge in [-0.3, -0.25) is 4.79 Å². The highest BCUT2D eigenvalue weighted by Crippen LogP contribution is 2.28. The summed E-state index contributed by atoms with van der Waals surface area (Å²) < 4.78 is 13.4. The van der Waals surface area contributed by atoms with E-state index in [-0.39, 0.29) is 10.4 Å². The van der Waals surface area contributed by atoms with Crippen LogP contribution in [-0.4, -0.2) is 11.4 Å². The topological polar surface area (TPSA) is 52.9 Å². The number of amides is 1. The van der Waals surface area contributed by atoms with Gasteiger partial charge in [0.1, 0.15) is 11.4 Å². The summed E-state index contributed by atoms with van der Waals surface area (Å²) in [4.78, 5) is 12.1. The molecule has 0 atom stereocenters. The molecule has 0 heterocycles. The maximum absolute atomic E-state index is 13.1. The van der Waals surface area contributed by atoms with Crippen molar-refractivity contribution >= 4 is 21.8 Å². The minimum absolute atomic E-state index is 0.245. The molecule has 0 radical (unpaired) electrons. The number of nitriles is 1. The molecule has 1 fully saturated rings. The van der Waals surface area contributed by atoms with E-state index in [1.54, 1.807) is 0 Å². The predicted molar refractivity (Wildman–Crippen MR) is 73.0 cm³/mol. The zero-order valence-electron chi connectivity index (χ0n) is 10.4. The van der Waals surface area contributed by atoms with Crippen LogP contribution in [0.4, 0.5) is 4.39 Å². The fourth-order valence-electron chi connectivity index (χ4n) is 2.35. The summed E-state index contributed by atoms with van der Waals surface area (Å²) in [5.41, 5.74) is -0.413. The third-order valence-corrected chi connectivity index (χ3v) is 4.06. The van der Waals surface area contributed by atoms with Gasteiger partial charge in [0, 0.05) is 5.56 Å². The fourth-order valence-corrected chi connectivity index (χ4v) is 2.73. The molecule has 0 saturated heterocycles. The molecule has 1 aliphatic rings. The smallest absolute Gasteiger partial charge is 0.252 e. The Morgan fingerprint density at radius 3 is 2.63 bits per heavy atom. The van der Waals surface area contributed by atoms with Crippen molar-refractivity contribution in [2.24, 2.45) is 0 Å².